The molecule has 0 bridgehead atoms. The minimum absolute atomic E-state index is 0.194. The number of aryl methyl sites for hydroxylation is 2. The number of hydrogen-bond donors (Lipinski definition) is 1. The second-order valence-electron chi connectivity index (χ2n) is 5.30. The van der Waals surface area contributed by atoms with Gasteiger partial charge < -0.3 is 5.32 Å². The van der Waals surface area contributed by atoms with Gasteiger partial charge >= 0.3 is 0 Å². The van der Waals surface area contributed by atoms with E-state index in [1.807, 2.05) is 13.8 Å². The van der Waals surface area contributed by atoms with Crippen molar-refractivity contribution in [3.63, 3.8) is 0 Å². The Labute approximate surface area is 134 Å². The van der Waals surface area contributed by atoms with Crippen molar-refractivity contribution in [1.82, 2.24) is 10.3 Å². The van der Waals surface area contributed by atoms with Crippen LogP contribution in [-0.2, 0) is 6.42 Å². The number of nitrogens with zero attached hydrogens (tertiary/aromatic N) is 1. The number of nitrogens with one attached hydrogen (secondary N) is 1. The van der Waals surface area contributed by atoms with Crippen LogP contribution in [0.3, 0.4) is 0 Å². The quantitative estimate of drug-likeness (QED) is 0.845. The van der Waals surface area contributed by atoms with Crippen molar-refractivity contribution in [3.8, 4) is 0 Å². The maximum absolute atomic E-state index is 14.3. The van der Waals surface area contributed by atoms with Crippen LogP contribution in [-0.4, -0.2) is 11.0 Å². The highest BCUT2D eigenvalue weighted by Crippen LogP contribution is 2.34. The Morgan fingerprint density at radius 2 is 2.10 bits per heavy atom. The Morgan fingerprint density at radius 3 is 2.62 bits per heavy atom. The van der Waals surface area contributed by atoms with E-state index in [-0.39, 0.29) is 17.9 Å². The van der Waals surface area contributed by atoms with Gasteiger partial charge in [0.05, 0.1) is 11.7 Å². The standard InChI is InChI=1S/C16H20ClFN2S/c1-5-13-10(4)21-16(20-13)15(19-9(2)3)14-11(17)7-6-8-12(14)18/h6-9,15,19H,5H2,1-4H3. The first-order valence-corrected chi connectivity index (χ1v) is 8.29. The number of rotatable bonds is 5. The summed E-state index contributed by atoms with van der Waals surface area (Å²) in [4.78, 5) is 5.85. The highest BCUT2D eigenvalue weighted by atomic mass is 35.5. The molecule has 1 N–H and O–H groups in total. The van der Waals surface area contributed by atoms with Gasteiger partial charge in [-0.2, -0.15) is 0 Å². The van der Waals surface area contributed by atoms with Gasteiger partial charge in [-0.25, -0.2) is 9.37 Å². The van der Waals surface area contributed by atoms with E-state index in [1.165, 1.54) is 10.9 Å². The second kappa shape index (κ2) is 6.86. The maximum atomic E-state index is 14.3. The Hall–Kier alpha value is -0.970. The minimum Gasteiger partial charge on any atom is -0.302 e. The fourth-order valence-electron chi connectivity index (χ4n) is 2.30. The summed E-state index contributed by atoms with van der Waals surface area (Å²) in [6.45, 7) is 8.19. The van der Waals surface area contributed by atoms with Crippen molar-refractivity contribution < 1.29 is 4.39 Å². The fraction of sp³-hybridized carbons (Fsp3) is 0.438. The largest absolute Gasteiger partial charge is 0.302 e. The van der Waals surface area contributed by atoms with Crippen LogP contribution in [0.25, 0.3) is 0 Å². The van der Waals surface area contributed by atoms with Crippen LogP contribution in [0.4, 0.5) is 4.39 Å². The summed E-state index contributed by atoms with van der Waals surface area (Å²) < 4.78 is 14.3. The lowest BCUT2D eigenvalue weighted by atomic mass is 10.1. The molecule has 5 heteroatoms. The molecule has 21 heavy (non-hydrogen) atoms. The summed E-state index contributed by atoms with van der Waals surface area (Å²) in [6, 6.07) is 4.66. The molecule has 0 saturated carbocycles. The van der Waals surface area contributed by atoms with E-state index in [9.17, 15) is 4.39 Å². The molecular formula is C16H20ClFN2S. The monoisotopic (exact) mass is 326 g/mol. The lowest BCUT2D eigenvalue weighted by Crippen LogP contribution is -2.29. The molecule has 1 atom stereocenters. The molecule has 1 aromatic heterocycles. The highest BCUT2D eigenvalue weighted by Gasteiger charge is 2.25. The van der Waals surface area contributed by atoms with E-state index in [0.29, 0.717) is 10.6 Å². The Kier molecular flexibility index (Phi) is 5.36. The van der Waals surface area contributed by atoms with Gasteiger partial charge in [-0.3, -0.25) is 0 Å². The molecule has 0 aliphatic heterocycles. The Bertz CT molecular complexity index is 604. The Balaban J connectivity index is 2.52. The number of thiazole rings is 1. The van der Waals surface area contributed by atoms with Crippen LogP contribution in [0.1, 0.15) is 48.0 Å². The van der Waals surface area contributed by atoms with Gasteiger partial charge in [0.1, 0.15) is 10.8 Å². The molecular weight excluding hydrogens is 307 g/mol. The highest BCUT2D eigenvalue weighted by molar-refractivity contribution is 7.11. The molecule has 0 aliphatic carbocycles. The molecule has 2 aromatic rings. The lowest BCUT2D eigenvalue weighted by Gasteiger charge is -2.21. The van der Waals surface area contributed by atoms with E-state index >= 15 is 0 Å². The first-order chi connectivity index (χ1) is 9.93. The number of hydrogen-bond acceptors (Lipinski definition) is 3. The van der Waals surface area contributed by atoms with Crippen LogP contribution in [0.2, 0.25) is 5.02 Å². The summed E-state index contributed by atoms with van der Waals surface area (Å²) in [5, 5.41) is 4.68. The zero-order chi connectivity index (χ0) is 15.6. The first-order valence-electron chi connectivity index (χ1n) is 7.10. The van der Waals surface area contributed by atoms with Crippen molar-refractivity contribution >= 4 is 22.9 Å². The van der Waals surface area contributed by atoms with E-state index in [0.717, 1.165) is 17.1 Å². The Morgan fingerprint density at radius 1 is 1.38 bits per heavy atom. The van der Waals surface area contributed by atoms with Crippen molar-refractivity contribution in [1.29, 1.82) is 0 Å². The van der Waals surface area contributed by atoms with Gasteiger partial charge in [-0.15, -0.1) is 11.3 Å². The fourth-order valence-corrected chi connectivity index (χ4v) is 3.65. The van der Waals surface area contributed by atoms with Gasteiger partial charge in [-0.05, 0) is 39.3 Å². The lowest BCUT2D eigenvalue weighted by molar-refractivity contribution is 0.501. The van der Waals surface area contributed by atoms with Crippen LogP contribution < -0.4 is 5.32 Å². The molecule has 0 amide bonds. The number of halogens is 2. The molecule has 114 valence electrons. The van der Waals surface area contributed by atoms with Crippen LogP contribution in [0.5, 0.6) is 0 Å². The summed E-state index contributed by atoms with van der Waals surface area (Å²) in [6.07, 6.45) is 0.877. The van der Waals surface area contributed by atoms with E-state index in [2.05, 4.69) is 24.1 Å². The summed E-state index contributed by atoms with van der Waals surface area (Å²) >= 11 is 7.84. The van der Waals surface area contributed by atoms with Crippen molar-refractivity contribution in [2.24, 2.45) is 0 Å². The molecule has 0 aliphatic rings. The molecule has 0 fully saturated rings. The third-order valence-electron chi connectivity index (χ3n) is 3.28. The molecule has 2 nitrogen and oxygen atoms in total. The van der Waals surface area contributed by atoms with Crippen LogP contribution >= 0.6 is 22.9 Å². The smallest absolute Gasteiger partial charge is 0.129 e. The van der Waals surface area contributed by atoms with E-state index < -0.39 is 0 Å². The molecule has 2 rings (SSSR count). The van der Waals surface area contributed by atoms with Gasteiger partial charge in [0.2, 0.25) is 0 Å². The first kappa shape index (κ1) is 16.4. The zero-order valence-electron chi connectivity index (χ0n) is 12.7. The van der Waals surface area contributed by atoms with Gasteiger partial charge in [0.25, 0.3) is 0 Å². The maximum Gasteiger partial charge on any atom is 0.129 e. The summed E-state index contributed by atoms with van der Waals surface area (Å²) in [7, 11) is 0. The van der Waals surface area contributed by atoms with Crippen LogP contribution in [0, 0.1) is 12.7 Å². The third kappa shape index (κ3) is 3.62. The van der Waals surface area contributed by atoms with Gasteiger partial charge in [0.15, 0.2) is 0 Å². The number of benzene rings is 1. The average Bonchev–Trinajstić information content (AvgIpc) is 2.78. The molecule has 1 unspecified atom stereocenters. The molecule has 1 heterocycles. The van der Waals surface area contributed by atoms with E-state index in [1.54, 1.807) is 23.5 Å². The zero-order valence-corrected chi connectivity index (χ0v) is 14.3. The minimum atomic E-state index is -0.317. The van der Waals surface area contributed by atoms with Gasteiger partial charge in [-0.1, -0.05) is 24.6 Å². The average molecular weight is 327 g/mol. The normalized spacial score (nSPS) is 12.9. The third-order valence-corrected chi connectivity index (χ3v) is 4.69. The second-order valence-corrected chi connectivity index (χ2v) is 6.94. The molecule has 1 aromatic carbocycles. The molecule has 0 radical (unpaired) electrons. The summed E-state index contributed by atoms with van der Waals surface area (Å²) in [5.41, 5.74) is 1.54. The predicted octanol–water partition coefficient (Wildman–Crippen LogP) is 4.89. The molecule has 0 saturated heterocycles. The molecule has 0 spiro atoms. The van der Waals surface area contributed by atoms with Crippen molar-refractivity contribution in [2.75, 3.05) is 0 Å². The van der Waals surface area contributed by atoms with Crippen molar-refractivity contribution in [2.45, 2.75) is 46.2 Å². The van der Waals surface area contributed by atoms with Gasteiger partial charge in [0, 0.05) is 21.5 Å². The topological polar surface area (TPSA) is 24.9 Å². The number of aromatic nitrogens is 1. The van der Waals surface area contributed by atoms with Crippen molar-refractivity contribution in [3.05, 3.63) is 50.2 Å². The van der Waals surface area contributed by atoms with Crippen LogP contribution in [0.15, 0.2) is 18.2 Å². The SMILES string of the molecule is CCc1nc(C(NC(C)C)c2c(F)cccc2Cl)sc1C. The van der Waals surface area contributed by atoms with E-state index in [4.69, 9.17) is 11.6 Å². The summed E-state index contributed by atoms with van der Waals surface area (Å²) in [5.74, 6) is -0.299. The predicted molar refractivity (Wildman–Crippen MR) is 87.8 cm³/mol.